The summed E-state index contributed by atoms with van der Waals surface area (Å²) in [4.78, 5) is 5.91. The topological polar surface area (TPSA) is 33.6 Å². The highest BCUT2D eigenvalue weighted by Crippen LogP contribution is 2.33. The molecule has 0 spiro atoms. The van der Waals surface area contributed by atoms with Crippen molar-refractivity contribution in [3.63, 3.8) is 0 Å². The number of methoxy groups -OCH3 is 1. The summed E-state index contributed by atoms with van der Waals surface area (Å²) < 4.78 is 5.61. The van der Waals surface area contributed by atoms with Crippen molar-refractivity contribution < 1.29 is 4.74 Å². The highest BCUT2D eigenvalue weighted by atomic mass is 32.2. The van der Waals surface area contributed by atoms with E-state index in [9.17, 15) is 0 Å². The SMILES string of the molecule is COc1ccc(-c2ccsc2)cc1CSc1ccccc1C1=NCCCN1. The van der Waals surface area contributed by atoms with Gasteiger partial charge in [0.25, 0.3) is 0 Å². The average molecular weight is 395 g/mol. The van der Waals surface area contributed by atoms with Crippen molar-refractivity contribution in [2.45, 2.75) is 17.1 Å². The average Bonchev–Trinajstić information content (AvgIpc) is 3.28. The van der Waals surface area contributed by atoms with E-state index < -0.39 is 0 Å². The number of ether oxygens (including phenoxy) is 1. The first-order valence-electron chi connectivity index (χ1n) is 9.05. The smallest absolute Gasteiger partial charge is 0.129 e. The Morgan fingerprint density at radius 2 is 2.07 bits per heavy atom. The van der Waals surface area contributed by atoms with Crippen molar-refractivity contribution in [1.29, 1.82) is 0 Å². The predicted molar refractivity (Wildman–Crippen MR) is 116 cm³/mol. The van der Waals surface area contributed by atoms with E-state index in [0.29, 0.717) is 0 Å². The number of benzene rings is 2. The van der Waals surface area contributed by atoms with Crippen LogP contribution in [0.3, 0.4) is 0 Å². The number of thioether (sulfide) groups is 1. The number of hydrogen-bond donors (Lipinski definition) is 1. The quantitative estimate of drug-likeness (QED) is 0.564. The molecule has 5 heteroatoms. The standard InChI is InChI=1S/C22H22N2OS2/c1-25-20-8-7-16(17-9-12-26-14-17)13-18(20)15-27-21-6-3-2-5-19(21)22-23-10-4-11-24-22/h2-3,5-9,12-14H,4,10-11,15H2,1H3,(H,23,24). The third-order valence-electron chi connectivity index (χ3n) is 4.56. The second kappa shape index (κ2) is 8.63. The van der Waals surface area contributed by atoms with Crippen LogP contribution in [-0.2, 0) is 5.75 Å². The normalized spacial score (nSPS) is 13.7. The van der Waals surface area contributed by atoms with E-state index in [-0.39, 0.29) is 0 Å². The molecule has 4 rings (SSSR count). The fraction of sp³-hybridized carbons (Fsp3) is 0.227. The van der Waals surface area contributed by atoms with Crippen LogP contribution in [-0.4, -0.2) is 26.0 Å². The van der Waals surface area contributed by atoms with Crippen molar-refractivity contribution in [1.82, 2.24) is 5.32 Å². The lowest BCUT2D eigenvalue weighted by molar-refractivity contribution is 0.411. The summed E-state index contributed by atoms with van der Waals surface area (Å²) in [5, 5.41) is 7.73. The van der Waals surface area contributed by atoms with E-state index in [1.165, 1.54) is 27.1 Å². The van der Waals surface area contributed by atoms with Gasteiger partial charge in [0.1, 0.15) is 11.6 Å². The molecule has 0 fully saturated rings. The molecule has 3 aromatic rings. The van der Waals surface area contributed by atoms with Crippen LogP contribution in [0.15, 0.2) is 69.2 Å². The molecule has 2 heterocycles. The summed E-state index contributed by atoms with van der Waals surface area (Å²) in [6, 6.07) is 17.1. The van der Waals surface area contributed by atoms with Gasteiger partial charge in [0.15, 0.2) is 0 Å². The van der Waals surface area contributed by atoms with Crippen molar-refractivity contribution in [3.05, 3.63) is 70.4 Å². The second-order valence-corrected chi connectivity index (χ2v) is 8.13. The summed E-state index contributed by atoms with van der Waals surface area (Å²) in [5.41, 5.74) is 4.89. The van der Waals surface area contributed by atoms with E-state index in [4.69, 9.17) is 4.74 Å². The Hall–Kier alpha value is -2.24. The molecule has 1 aromatic heterocycles. The molecule has 0 radical (unpaired) electrons. The monoisotopic (exact) mass is 394 g/mol. The van der Waals surface area contributed by atoms with Gasteiger partial charge in [-0.15, -0.1) is 11.8 Å². The van der Waals surface area contributed by atoms with Gasteiger partial charge in [-0.1, -0.05) is 24.3 Å². The number of nitrogens with zero attached hydrogens (tertiary/aromatic N) is 1. The van der Waals surface area contributed by atoms with Gasteiger partial charge in [-0.2, -0.15) is 11.3 Å². The van der Waals surface area contributed by atoms with Crippen LogP contribution >= 0.6 is 23.1 Å². The van der Waals surface area contributed by atoms with Crippen LogP contribution < -0.4 is 10.1 Å². The highest BCUT2D eigenvalue weighted by molar-refractivity contribution is 7.98. The van der Waals surface area contributed by atoms with Crippen LogP contribution in [0.2, 0.25) is 0 Å². The molecule has 0 aliphatic carbocycles. The molecule has 3 nitrogen and oxygen atoms in total. The van der Waals surface area contributed by atoms with E-state index in [1.807, 2.05) is 11.8 Å². The maximum atomic E-state index is 5.61. The molecular formula is C22H22N2OS2. The Morgan fingerprint density at radius 3 is 2.85 bits per heavy atom. The van der Waals surface area contributed by atoms with Gasteiger partial charge in [-0.05, 0) is 52.6 Å². The second-order valence-electron chi connectivity index (χ2n) is 6.33. The maximum Gasteiger partial charge on any atom is 0.129 e. The van der Waals surface area contributed by atoms with E-state index in [1.54, 1.807) is 18.4 Å². The summed E-state index contributed by atoms with van der Waals surface area (Å²) in [6.45, 7) is 1.90. The van der Waals surface area contributed by atoms with Crippen LogP contribution in [0.1, 0.15) is 17.5 Å². The van der Waals surface area contributed by atoms with Gasteiger partial charge < -0.3 is 10.1 Å². The minimum absolute atomic E-state index is 0.853. The van der Waals surface area contributed by atoms with E-state index >= 15 is 0 Å². The first-order valence-corrected chi connectivity index (χ1v) is 11.0. The highest BCUT2D eigenvalue weighted by Gasteiger charge is 2.13. The fourth-order valence-corrected chi connectivity index (χ4v) is 4.85. The fourth-order valence-electron chi connectivity index (χ4n) is 3.16. The lowest BCUT2D eigenvalue weighted by atomic mass is 10.1. The molecule has 0 unspecified atom stereocenters. The van der Waals surface area contributed by atoms with Gasteiger partial charge >= 0.3 is 0 Å². The number of thiophene rings is 1. The maximum absolute atomic E-state index is 5.61. The number of nitrogens with one attached hydrogen (secondary N) is 1. The molecule has 1 aliphatic rings. The molecule has 2 aromatic carbocycles. The molecule has 0 saturated heterocycles. The van der Waals surface area contributed by atoms with Gasteiger partial charge in [0.2, 0.25) is 0 Å². The molecule has 138 valence electrons. The molecule has 0 saturated carbocycles. The molecule has 1 N–H and O–H groups in total. The lowest BCUT2D eigenvalue weighted by Gasteiger charge is -2.17. The first kappa shape index (κ1) is 18.1. The summed E-state index contributed by atoms with van der Waals surface area (Å²) in [6.07, 6.45) is 1.10. The minimum Gasteiger partial charge on any atom is -0.496 e. The lowest BCUT2D eigenvalue weighted by Crippen LogP contribution is -2.30. The van der Waals surface area contributed by atoms with Crippen LogP contribution in [0.4, 0.5) is 0 Å². The zero-order chi connectivity index (χ0) is 18.5. The van der Waals surface area contributed by atoms with Gasteiger partial charge in [0.05, 0.1) is 7.11 Å². The molecular weight excluding hydrogens is 372 g/mol. The Kier molecular flexibility index (Phi) is 5.80. The Bertz CT molecular complexity index is 935. The number of amidine groups is 1. The summed E-state index contributed by atoms with van der Waals surface area (Å²) >= 11 is 3.55. The Morgan fingerprint density at radius 1 is 1.15 bits per heavy atom. The number of aliphatic imine (C=N–C) groups is 1. The zero-order valence-electron chi connectivity index (χ0n) is 15.3. The summed E-state index contributed by atoms with van der Waals surface area (Å²) in [7, 11) is 1.74. The molecule has 0 atom stereocenters. The van der Waals surface area contributed by atoms with Crippen molar-refractivity contribution in [3.8, 4) is 16.9 Å². The van der Waals surface area contributed by atoms with Crippen LogP contribution in [0, 0.1) is 0 Å². The van der Waals surface area contributed by atoms with Crippen LogP contribution in [0.25, 0.3) is 11.1 Å². The van der Waals surface area contributed by atoms with Gasteiger partial charge in [0, 0.05) is 34.9 Å². The molecule has 1 aliphatic heterocycles. The molecule has 0 amide bonds. The Labute approximate surface area is 168 Å². The zero-order valence-corrected chi connectivity index (χ0v) is 16.9. The number of rotatable bonds is 6. The van der Waals surface area contributed by atoms with Gasteiger partial charge in [-0.3, -0.25) is 4.99 Å². The third-order valence-corrected chi connectivity index (χ3v) is 6.36. The summed E-state index contributed by atoms with van der Waals surface area (Å²) in [5.74, 6) is 2.81. The molecule has 27 heavy (non-hydrogen) atoms. The number of hydrogen-bond acceptors (Lipinski definition) is 5. The van der Waals surface area contributed by atoms with Crippen molar-refractivity contribution in [2.24, 2.45) is 4.99 Å². The van der Waals surface area contributed by atoms with Crippen molar-refractivity contribution in [2.75, 3.05) is 20.2 Å². The predicted octanol–water partition coefficient (Wildman–Crippen LogP) is 5.46. The van der Waals surface area contributed by atoms with Crippen molar-refractivity contribution >= 4 is 28.9 Å². The first-order chi connectivity index (χ1) is 13.3. The van der Waals surface area contributed by atoms with Gasteiger partial charge in [-0.25, -0.2) is 0 Å². The van der Waals surface area contributed by atoms with Crippen LogP contribution in [0.5, 0.6) is 5.75 Å². The largest absolute Gasteiger partial charge is 0.496 e. The minimum atomic E-state index is 0.853. The van der Waals surface area contributed by atoms with E-state index in [2.05, 4.69) is 69.6 Å². The van der Waals surface area contributed by atoms with E-state index in [0.717, 1.165) is 36.8 Å². The third kappa shape index (κ3) is 4.20. The molecule has 0 bridgehead atoms. The Balaban J connectivity index is 1.59.